The Hall–Kier alpha value is -1.87. The molecule has 21 heavy (non-hydrogen) atoms. The molecule has 1 heterocycles. The number of carbonyl (C=O) groups is 1. The third-order valence-electron chi connectivity index (χ3n) is 2.51. The third kappa shape index (κ3) is 3.24. The lowest BCUT2D eigenvalue weighted by Gasteiger charge is -2.06. The summed E-state index contributed by atoms with van der Waals surface area (Å²) in [5.41, 5.74) is -0.309. The summed E-state index contributed by atoms with van der Waals surface area (Å²) in [6.07, 6.45) is 0. The van der Waals surface area contributed by atoms with E-state index in [0.717, 1.165) is 23.5 Å². The van der Waals surface area contributed by atoms with Gasteiger partial charge in [-0.05, 0) is 26.0 Å². The van der Waals surface area contributed by atoms with Crippen LogP contribution in [-0.2, 0) is 10.0 Å². The van der Waals surface area contributed by atoms with Gasteiger partial charge >= 0.3 is 0 Å². The minimum Gasteiger partial charge on any atom is -0.268 e. The van der Waals surface area contributed by atoms with Crippen molar-refractivity contribution < 1.29 is 22.0 Å². The second kappa shape index (κ2) is 5.49. The molecule has 2 aromatic rings. The van der Waals surface area contributed by atoms with E-state index in [-0.39, 0.29) is 9.90 Å². The van der Waals surface area contributed by atoms with Crippen LogP contribution in [0.4, 0.5) is 8.78 Å². The molecule has 0 saturated heterocycles. The highest BCUT2D eigenvalue weighted by molar-refractivity contribution is 7.92. The van der Waals surface area contributed by atoms with Crippen LogP contribution in [0.25, 0.3) is 0 Å². The fourth-order valence-electron chi connectivity index (χ4n) is 1.66. The topological polar surface area (TPSA) is 76.1 Å². The highest BCUT2D eigenvalue weighted by Crippen LogP contribution is 2.23. The number of carbonyl (C=O) groups excluding carboxylic acids is 1. The molecule has 1 N–H and O–H groups in total. The minimum absolute atomic E-state index is 0.115. The van der Waals surface area contributed by atoms with E-state index in [1.165, 1.54) is 6.92 Å². The summed E-state index contributed by atoms with van der Waals surface area (Å²) in [7, 11) is -4.15. The number of benzene rings is 1. The SMILES string of the molecule is Cc1nc(C)c(S(=O)(=O)NC(=O)c2ccc(F)cc2F)s1. The zero-order chi connectivity index (χ0) is 15.8. The molecule has 2 rings (SSSR count). The molecule has 0 radical (unpaired) electrons. The van der Waals surface area contributed by atoms with Crippen LogP contribution in [0.15, 0.2) is 22.4 Å². The van der Waals surface area contributed by atoms with Crippen molar-refractivity contribution in [2.45, 2.75) is 18.1 Å². The van der Waals surface area contributed by atoms with Crippen molar-refractivity contribution in [2.75, 3.05) is 0 Å². The maximum Gasteiger partial charge on any atom is 0.275 e. The predicted octanol–water partition coefficient (Wildman–Crippen LogP) is 2.16. The first kappa shape index (κ1) is 15.5. The maximum absolute atomic E-state index is 13.5. The van der Waals surface area contributed by atoms with Crippen LogP contribution in [0.3, 0.4) is 0 Å². The minimum atomic E-state index is -4.15. The van der Waals surface area contributed by atoms with E-state index in [0.29, 0.717) is 11.1 Å². The summed E-state index contributed by atoms with van der Waals surface area (Å²) in [6.45, 7) is 3.11. The van der Waals surface area contributed by atoms with E-state index < -0.39 is 33.1 Å². The van der Waals surface area contributed by atoms with Gasteiger partial charge in [-0.3, -0.25) is 4.79 Å². The normalized spacial score (nSPS) is 11.4. The van der Waals surface area contributed by atoms with E-state index in [1.807, 2.05) is 0 Å². The van der Waals surface area contributed by atoms with Gasteiger partial charge in [-0.25, -0.2) is 26.9 Å². The number of sulfonamides is 1. The summed E-state index contributed by atoms with van der Waals surface area (Å²) in [5.74, 6) is -3.17. The van der Waals surface area contributed by atoms with Gasteiger partial charge in [0.25, 0.3) is 15.9 Å². The van der Waals surface area contributed by atoms with E-state index in [9.17, 15) is 22.0 Å². The largest absolute Gasteiger partial charge is 0.275 e. The lowest BCUT2D eigenvalue weighted by Crippen LogP contribution is -2.31. The summed E-state index contributed by atoms with van der Waals surface area (Å²) in [4.78, 5) is 15.8. The Morgan fingerprint density at radius 2 is 1.95 bits per heavy atom. The van der Waals surface area contributed by atoms with Gasteiger partial charge in [0.1, 0.15) is 11.6 Å². The van der Waals surface area contributed by atoms with Crippen LogP contribution in [-0.4, -0.2) is 19.3 Å². The second-order valence-electron chi connectivity index (χ2n) is 4.16. The van der Waals surface area contributed by atoms with Gasteiger partial charge in [-0.1, -0.05) is 0 Å². The number of nitrogens with one attached hydrogen (secondary N) is 1. The van der Waals surface area contributed by atoms with Gasteiger partial charge in [0.2, 0.25) is 0 Å². The number of aromatic nitrogens is 1. The molecule has 0 spiro atoms. The van der Waals surface area contributed by atoms with Crippen molar-refractivity contribution in [3.8, 4) is 0 Å². The molecule has 1 aromatic heterocycles. The molecule has 0 aliphatic rings. The average molecular weight is 332 g/mol. The summed E-state index contributed by atoms with van der Waals surface area (Å²) in [6, 6.07) is 2.25. The Balaban J connectivity index is 2.32. The molecule has 1 aromatic carbocycles. The lowest BCUT2D eigenvalue weighted by molar-refractivity contribution is 0.0977. The molecule has 112 valence electrons. The van der Waals surface area contributed by atoms with E-state index in [1.54, 1.807) is 11.6 Å². The van der Waals surface area contributed by atoms with Crippen molar-refractivity contribution in [1.29, 1.82) is 0 Å². The molecule has 0 bridgehead atoms. The first-order valence-electron chi connectivity index (χ1n) is 5.67. The van der Waals surface area contributed by atoms with E-state index in [2.05, 4.69) is 4.98 Å². The Labute approximate surface area is 123 Å². The van der Waals surface area contributed by atoms with Crippen molar-refractivity contribution in [3.63, 3.8) is 0 Å². The smallest absolute Gasteiger partial charge is 0.268 e. The third-order valence-corrected chi connectivity index (χ3v) is 5.52. The van der Waals surface area contributed by atoms with Gasteiger partial charge in [0, 0.05) is 6.07 Å². The average Bonchev–Trinajstić information content (AvgIpc) is 2.68. The number of thiazole rings is 1. The van der Waals surface area contributed by atoms with Crippen LogP contribution >= 0.6 is 11.3 Å². The summed E-state index contributed by atoms with van der Waals surface area (Å²) in [5, 5.41) is 0.522. The van der Waals surface area contributed by atoms with Crippen LogP contribution in [0.5, 0.6) is 0 Å². The highest BCUT2D eigenvalue weighted by atomic mass is 32.2. The van der Waals surface area contributed by atoms with Gasteiger partial charge in [0.15, 0.2) is 4.21 Å². The van der Waals surface area contributed by atoms with Gasteiger partial charge in [-0.2, -0.15) is 0 Å². The molecule has 0 aliphatic heterocycles. The molecule has 0 fully saturated rings. The molecular weight excluding hydrogens is 322 g/mol. The molecule has 0 unspecified atom stereocenters. The van der Waals surface area contributed by atoms with Gasteiger partial charge in [0.05, 0.1) is 16.3 Å². The number of hydrogen-bond acceptors (Lipinski definition) is 5. The van der Waals surface area contributed by atoms with Crippen molar-refractivity contribution >= 4 is 27.3 Å². The monoisotopic (exact) mass is 332 g/mol. The number of rotatable bonds is 3. The highest BCUT2D eigenvalue weighted by Gasteiger charge is 2.25. The first-order valence-corrected chi connectivity index (χ1v) is 7.97. The zero-order valence-corrected chi connectivity index (χ0v) is 12.6. The molecule has 1 amide bonds. The van der Waals surface area contributed by atoms with E-state index >= 15 is 0 Å². The molecule has 0 aliphatic carbocycles. The first-order chi connectivity index (χ1) is 9.70. The van der Waals surface area contributed by atoms with Crippen molar-refractivity contribution in [1.82, 2.24) is 9.71 Å². The number of nitrogens with zero attached hydrogens (tertiary/aromatic N) is 1. The molecule has 9 heteroatoms. The summed E-state index contributed by atoms with van der Waals surface area (Å²) < 4.78 is 52.0. The number of hydrogen-bond donors (Lipinski definition) is 1. The Kier molecular flexibility index (Phi) is 4.06. The Morgan fingerprint density at radius 3 is 2.48 bits per heavy atom. The van der Waals surface area contributed by atoms with Crippen molar-refractivity contribution in [2.24, 2.45) is 0 Å². The van der Waals surface area contributed by atoms with Crippen LogP contribution in [0.2, 0.25) is 0 Å². The number of aryl methyl sites for hydroxylation is 2. The quantitative estimate of drug-likeness (QED) is 0.934. The summed E-state index contributed by atoms with van der Waals surface area (Å²) >= 11 is 0.898. The van der Waals surface area contributed by atoms with Gasteiger partial charge < -0.3 is 0 Å². The molecular formula is C12H10F2N2O3S2. The standard InChI is InChI=1S/C12H10F2N2O3S2/c1-6-12(20-7(2)15-6)21(18,19)16-11(17)9-4-3-8(13)5-10(9)14/h3-5H,1-2H3,(H,16,17). The van der Waals surface area contributed by atoms with Gasteiger partial charge in [-0.15, -0.1) is 11.3 Å². The van der Waals surface area contributed by atoms with Crippen LogP contribution in [0, 0.1) is 25.5 Å². The lowest BCUT2D eigenvalue weighted by atomic mass is 10.2. The van der Waals surface area contributed by atoms with E-state index in [4.69, 9.17) is 0 Å². The zero-order valence-electron chi connectivity index (χ0n) is 11.0. The fraction of sp³-hybridized carbons (Fsp3) is 0.167. The predicted molar refractivity (Wildman–Crippen MR) is 72.6 cm³/mol. The Morgan fingerprint density at radius 1 is 1.29 bits per heavy atom. The molecule has 5 nitrogen and oxygen atoms in total. The Bertz CT molecular complexity index is 816. The van der Waals surface area contributed by atoms with Crippen LogP contribution in [0.1, 0.15) is 21.1 Å². The second-order valence-corrected chi connectivity index (χ2v) is 7.25. The molecule has 0 saturated carbocycles. The maximum atomic E-state index is 13.5. The number of amides is 1. The van der Waals surface area contributed by atoms with Crippen LogP contribution < -0.4 is 4.72 Å². The fourth-order valence-corrected chi connectivity index (χ4v) is 4.11. The molecule has 0 atom stereocenters. The van der Waals surface area contributed by atoms with Crippen molar-refractivity contribution in [3.05, 3.63) is 46.1 Å². The number of halogens is 2.